The molecule has 0 saturated carbocycles. The molecule has 0 spiro atoms. The van der Waals surface area contributed by atoms with Gasteiger partial charge in [-0.1, -0.05) is 45.0 Å². The third-order valence-corrected chi connectivity index (χ3v) is 3.36. The molecule has 1 atom stereocenters. The molecular weight excluding hydrogens is 234 g/mol. The summed E-state index contributed by atoms with van der Waals surface area (Å²) in [6, 6.07) is 9.06. The van der Waals surface area contributed by atoms with Crippen LogP contribution < -0.4 is 5.32 Å². The zero-order valence-corrected chi connectivity index (χ0v) is 12.2. The highest BCUT2D eigenvalue weighted by Gasteiger charge is 2.13. The Balaban J connectivity index is 1.93. The zero-order chi connectivity index (χ0) is 13.9. The van der Waals surface area contributed by atoms with Crippen molar-refractivity contribution in [1.82, 2.24) is 15.3 Å². The van der Waals surface area contributed by atoms with E-state index in [9.17, 15) is 0 Å². The quantitative estimate of drug-likeness (QED) is 0.879. The Morgan fingerprint density at radius 3 is 2.42 bits per heavy atom. The van der Waals surface area contributed by atoms with Crippen molar-refractivity contribution in [1.29, 1.82) is 0 Å². The summed E-state index contributed by atoms with van der Waals surface area (Å²) in [5.41, 5.74) is 2.88. The number of nitrogens with one attached hydrogen (secondary N) is 2. The summed E-state index contributed by atoms with van der Waals surface area (Å²) in [4.78, 5) is 7.39. The molecule has 0 aliphatic rings. The summed E-state index contributed by atoms with van der Waals surface area (Å²) in [6.07, 6.45) is 3.64. The number of aromatic nitrogens is 2. The van der Waals surface area contributed by atoms with Crippen molar-refractivity contribution in [3.63, 3.8) is 0 Å². The molecular formula is C16H23N3. The Kier molecular flexibility index (Phi) is 4.05. The normalized spacial score (nSPS) is 13.5. The fourth-order valence-corrected chi connectivity index (χ4v) is 2.00. The Hall–Kier alpha value is -1.61. The van der Waals surface area contributed by atoms with E-state index in [0.29, 0.717) is 0 Å². The van der Waals surface area contributed by atoms with Gasteiger partial charge in [0.1, 0.15) is 5.82 Å². The molecule has 3 nitrogen and oxygen atoms in total. The van der Waals surface area contributed by atoms with E-state index < -0.39 is 0 Å². The highest BCUT2D eigenvalue weighted by Crippen LogP contribution is 2.22. The van der Waals surface area contributed by atoms with Crippen LogP contribution in [0, 0.1) is 0 Å². The van der Waals surface area contributed by atoms with Gasteiger partial charge < -0.3 is 10.3 Å². The molecule has 0 aliphatic carbocycles. The number of benzene rings is 1. The van der Waals surface area contributed by atoms with E-state index in [1.54, 1.807) is 6.20 Å². The van der Waals surface area contributed by atoms with Crippen LogP contribution in [0.1, 0.15) is 50.7 Å². The second-order valence-corrected chi connectivity index (χ2v) is 6.02. The van der Waals surface area contributed by atoms with Crippen molar-refractivity contribution in [2.75, 3.05) is 0 Å². The van der Waals surface area contributed by atoms with E-state index in [1.807, 2.05) is 6.20 Å². The van der Waals surface area contributed by atoms with Crippen LogP contribution in [0.4, 0.5) is 0 Å². The summed E-state index contributed by atoms with van der Waals surface area (Å²) >= 11 is 0. The van der Waals surface area contributed by atoms with Crippen LogP contribution in [-0.2, 0) is 12.0 Å². The van der Waals surface area contributed by atoms with E-state index in [0.717, 1.165) is 12.4 Å². The predicted octanol–water partition coefficient (Wildman–Crippen LogP) is 3.56. The number of hydrogen-bond acceptors (Lipinski definition) is 2. The highest BCUT2D eigenvalue weighted by atomic mass is 15.0. The molecule has 0 radical (unpaired) electrons. The minimum Gasteiger partial charge on any atom is -0.347 e. The van der Waals surface area contributed by atoms with Gasteiger partial charge in [0.15, 0.2) is 0 Å². The molecule has 3 heteroatoms. The number of imidazole rings is 1. The third kappa shape index (κ3) is 3.67. The monoisotopic (exact) mass is 257 g/mol. The maximum absolute atomic E-state index is 4.26. The molecule has 0 saturated heterocycles. The minimum atomic E-state index is 0.216. The van der Waals surface area contributed by atoms with Gasteiger partial charge in [0.05, 0.1) is 6.04 Å². The van der Waals surface area contributed by atoms with E-state index in [2.05, 4.69) is 67.2 Å². The van der Waals surface area contributed by atoms with Gasteiger partial charge in [0.25, 0.3) is 0 Å². The summed E-state index contributed by atoms with van der Waals surface area (Å²) < 4.78 is 0. The van der Waals surface area contributed by atoms with Crippen LogP contribution in [0.5, 0.6) is 0 Å². The first-order valence-electron chi connectivity index (χ1n) is 6.79. The minimum absolute atomic E-state index is 0.216. The Morgan fingerprint density at radius 1 is 1.21 bits per heavy atom. The van der Waals surface area contributed by atoms with Crippen LogP contribution in [0.25, 0.3) is 0 Å². The lowest BCUT2D eigenvalue weighted by Gasteiger charge is -2.19. The maximum Gasteiger partial charge on any atom is 0.122 e. The van der Waals surface area contributed by atoms with Crippen LogP contribution in [0.3, 0.4) is 0 Å². The summed E-state index contributed by atoms with van der Waals surface area (Å²) in [5.74, 6) is 0.978. The van der Waals surface area contributed by atoms with Crippen LogP contribution >= 0.6 is 0 Å². The van der Waals surface area contributed by atoms with Gasteiger partial charge in [-0.15, -0.1) is 0 Å². The van der Waals surface area contributed by atoms with Crippen molar-refractivity contribution < 1.29 is 0 Å². The highest BCUT2D eigenvalue weighted by molar-refractivity contribution is 5.27. The topological polar surface area (TPSA) is 40.7 Å². The number of H-pyrrole nitrogens is 1. The van der Waals surface area contributed by atoms with Crippen molar-refractivity contribution in [3.8, 4) is 0 Å². The van der Waals surface area contributed by atoms with E-state index in [4.69, 9.17) is 0 Å². The van der Waals surface area contributed by atoms with Crippen LogP contribution in [-0.4, -0.2) is 9.97 Å². The smallest absolute Gasteiger partial charge is 0.122 e. The van der Waals surface area contributed by atoms with E-state index in [-0.39, 0.29) is 11.5 Å². The largest absolute Gasteiger partial charge is 0.347 e. The van der Waals surface area contributed by atoms with Gasteiger partial charge in [-0.05, 0) is 23.5 Å². The van der Waals surface area contributed by atoms with E-state index >= 15 is 0 Å². The molecule has 1 unspecified atom stereocenters. The molecule has 2 N–H and O–H groups in total. The fourth-order valence-electron chi connectivity index (χ4n) is 2.00. The second-order valence-electron chi connectivity index (χ2n) is 6.02. The molecule has 102 valence electrons. The first-order valence-corrected chi connectivity index (χ1v) is 6.79. The number of rotatable bonds is 4. The zero-order valence-electron chi connectivity index (χ0n) is 12.2. The molecule has 0 bridgehead atoms. The van der Waals surface area contributed by atoms with Gasteiger partial charge >= 0.3 is 0 Å². The summed E-state index contributed by atoms with van der Waals surface area (Å²) in [7, 11) is 0. The van der Waals surface area contributed by atoms with E-state index in [1.165, 1.54) is 11.1 Å². The summed E-state index contributed by atoms with van der Waals surface area (Å²) in [5, 5.41) is 3.47. The molecule has 2 rings (SSSR count). The standard InChI is InChI=1S/C16H23N3/c1-12(15-17-9-10-18-15)19-11-13-5-7-14(8-6-13)16(2,3)4/h5-10,12,19H,11H2,1-4H3,(H,17,18). The van der Waals surface area contributed by atoms with Crippen molar-refractivity contribution >= 4 is 0 Å². The molecule has 0 fully saturated rings. The molecule has 1 aromatic carbocycles. The lowest BCUT2D eigenvalue weighted by molar-refractivity contribution is 0.550. The third-order valence-electron chi connectivity index (χ3n) is 3.36. The Labute approximate surface area is 115 Å². The Morgan fingerprint density at radius 2 is 1.89 bits per heavy atom. The van der Waals surface area contributed by atoms with Crippen molar-refractivity contribution in [2.24, 2.45) is 0 Å². The number of nitrogens with zero attached hydrogens (tertiary/aromatic N) is 1. The lowest BCUT2D eigenvalue weighted by atomic mass is 9.87. The first kappa shape index (κ1) is 13.8. The van der Waals surface area contributed by atoms with Crippen molar-refractivity contribution in [3.05, 3.63) is 53.6 Å². The van der Waals surface area contributed by atoms with Crippen LogP contribution in [0.2, 0.25) is 0 Å². The molecule has 0 amide bonds. The molecule has 19 heavy (non-hydrogen) atoms. The maximum atomic E-state index is 4.26. The lowest BCUT2D eigenvalue weighted by Crippen LogP contribution is -2.19. The SMILES string of the molecule is CC(NCc1ccc(C(C)(C)C)cc1)c1ncc[nH]1. The van der Waals surface area contributed by atoms with Gasteiger partial charge in [-0.3, -0.25) is 0 Å². The average Bonchev–Trinajstić information content (AvgIpc) is 2.89. The van der Waals surface area contributed by atoms with Gasteiger partial charge in [-0.2, -0.15) is 0 Å². The average molecular weight is 257 g/mol. The molecule has 2 aromatic rings. The van der Waals surface area contributed by atoms with Gasteiger partial charge in [0.2, 0.25) is 0 Å². The second kappa shape index (κ2) is 5.57. The van der Waals surface area contributed by atoms with Gasteiger partial charge in [0, 0.05) is 18.9 Å². The Bertz CT molecular complexity index is 492. The van der Waals surface area contributed by atoms with Crippen LogP contribution in [0.15, 0.2) is 36.7 Å². The molecule has 1 heterocycles. The fraction of sp³-hybridized carbons (Fsp3) is 0.438. The molecule has 0 aliphatic heterocycles. The molecule has 1 aromatic heterocycles. The van der Waals surface area contributed by atoms with Crippen molar-refractivity contribution in [2.45, 2.75) is 45.7 Å². The number of hydrogen-bond donors (Lipinski definition) is 2. The first-order chi connectivity index (χ1) is 8.97. The number of aromatic amines is 1. The summed E-state index contributed by atoms with van der Waals surface area (Å²) in [6.45, 7) is 9.67. The predicted molar refractivity (Wildman–Crippen MR) is 79.0 cm³/mol. The van der Waals surface area contributed by atoms with Gasteiger partial charge in [-0.25, -0.2) is 4.98 Å².